The van der Waals surface area contributed by atoms with Crippen LogP contribution in [-0.4, -0.2) is 69.9 Å². The summed E-state index contributed by atoms with van der Waals surface area (Å²) in [5.74, 6) is 1.32. The van der Waals surface area contributed by atoms with E-state index in [0.29, 0.717) is 11.9 Å². The minimum Gasteiger partial charge on any atom is -0.364 e. The number of amides is 1. The maximum atomic E-state index is 13.1. The molecule has 1 unspecified atom stereocenters. The molecule has 7 nitrogen and oxygen atoms in total. The van der Waals surface area contributed by atoms with Crippen LogP contribution < -0.4 is 5.32 Å². The van der Waals surface area contributed by atoms with Crippen LogP contribution in [0.2, 0.25) is 0 Å². The molecule has 1 saturated carbocycles. The number of nitrogens with one attached hydrogen (secondary N) is 2. The van der Waals surface area contributed by atoms with Crippen molar-refractivity contribution in [1.82, 2.24) is 24.8 Å². The third-order valence-corrected chi connectivity index (χ3v) is 6.26. The number of rotatable bonds is 4. The Hall–Kier alpha value is -2.15. The van der Waals surface area contributed by atoms with Gasteiger partial charge in [-0.05, 0) is 51.8 Å². The first-order valence-electron chi connectivity index (χ1n) is 10.2. The van der Waals surface area contributed by atoms with E-state index in [4.69, 9.17) is 0 Å². The molecule has 1 aliphatic heterocycles. The molecule has 1 saturated heterocycles. The van der Waals surface area contributed by atoms with E-state index >= 15 is 0 Å². The molecule has 1 amide bonds. The molecule has 1 atom stereocenters. The summed E-state index contributed by atoms with van der Waals surface area (Å²) >= 11 is 0. The minimum atomic E-state index is 0.0775. The van der Waals surface area contributed by atoms with Crippen LogP contribution in [0.4, 0.5) is 5.82 Å². The van der Waals surface area contributed by atoms with Crippen LogP contribution in [0.25, 0.3) is 11.0 Å². The Kier molecular flexibility index (Phi) is 4.81. The van der Waals surface area contributed by atoms with Gasteiger partial charge in [0.1, 0.15) is 11.8 Å². The fraction of sp³-hybridized carbons (Fsp3) is 0.667. The zero-order valence-corrected chi connectivity index (χ0v) is 17.6. The lowest BCUT2D eigenvalue weighted by Crippen LogP contribution is -2.56. The maximum Gasteiger partial charge on any atom is 0.225 e. The molecule has 2 N–H and O–H groups in total. The lowest BCUT2D eigenvalue weighted by Gasteiger charge is -2.46. The van der Waals surface area contributed by atoms with Crippen molar-refractivity contribution in [2.24, 2.45) is 11.3 Å². The summed E-state index contributed by atoms with van der Waals surface area (Å²) < 4.78 is 0. The molecule has 2 aromatic rings. The summed E-state index contributed by atoms with van der Waals surface area (Å²) in [7, 11) is 4.19. The van der Waals surface area contributed by atoms with Crippen LogP contribution in [0.15, 0.2) is 12.4 Å². The predicted molar refractivity (Wildman–Crippen MR) is 111 cm³/mol. The van der Waals surface area contributed by atoms with Crippen LogP contribution in [0.3, 0.4) is 0 Å². The number of H-pyrrole nitrogens is 1. The third-order valence-electron chi connectivity index (χ3n) is 6.26. The molecule has 0 radical (unpaired) electrons. The van der Waals surface area contributed by atoms with E-state index in [2.05, 4.69) is 58.0 Å². The summed E-state index contributed by atoms with van der Waals surface area (Å²) in [6, 6.07) is 2.76. The molecular weight excluding hydrogens is 352 g/mol. The molecule has 152 valence electrons. The summed E-state index contributed by atoms with van der Waals surface area (Å²) in [5.41, 5.74) is 3.00. The number of fused-ring (bicyclic) bond motifs is 1. The van der Waals surface area contributed by atoms with E-state index in [-0.39, 0.29) is 17.4 Å². The molecule has 0 bridgehead atoms. The Labute approximate surface area is 166 Å². The smallest absolute Gasteiger partial charge is 0.225 e. The number of aryl methyl sites for hydroxylation is 1. The zero-order chi connectivity index (χ0) is 20.1. The Balaban J connectivity index is 1.48. The highest BCUT2D eigenvalue weighted by Gasteiger charge is 2.42. The number of hydrogen-bond donors (Lipinski definition) is 2. The van der Waals surface area contributed by atoms with Crippen molar-refractivity contribution in [1.29, 1.82) is 0 Å². The topological polar surface area (TPSA) is 77.2 Å². The second kappa shape index (κ2) is 7.03. The fourth-order valence-corrected chi connectivity index (χ4v) is 4.75. The van der Waals surface area contributed by atoms with Crippen molar-refractivity contribution >= 4 is 22.8 Å². The maximum absolute atomic E-state index is 13.1. The van der Waals surface area contributed by atoms with E-state index in [1.54, 1.807) is 6.33 Å². The van der Waals surface area contributed by atoms with Gasteiger partial charge in [-0.25, -0.2) is 9.97 Å². The van der Waals surface area contributed by atoms with Crippen molar-refractivity contribution in [3.8, 4) is 0 Å². The van der Waals surface area contributed by atoms with E-state index in [9.17, 15) is 4.79 Å². The van der Waals surface area contributed by atoms with Crippen LogP contribution in [0, 0.1) is 18.3 Å². The molecule has 1 aliphatic carbocycles. The van der Waals surface area contributed by atoms with Gasteiger partial charge in [0.25, 0.3) is 0 Å². The third kappa shape index (κ3) is 3.72. The molecule has 4 rings (SSSR count). The first-order valence-corrected chi connectivity index (χ1v) is 10.2. The number of aromatic amines is 1. The Bertz CT molecular complexity index is 867. The van der Waals surface area contributed by atoms with Crippen LogP contribution >= 0.6 is 0 Å². The van der Waals surface area contributed by atoms with Crippen molar-refractivity contribution in [2.75, 3.05) is 32.5 Å². The number of aromatic nitrogens is 3. The van der Waals surface area contributed by atoms with Crippen LogP contribution in [-0.2, 0) is 4.79 Å². The molecular formula is C21H32N6O. The van der Waals surface area contributed by atoms with E-state index in [0.717, 1.165) is 54.9 Å². The number of likely N-dealkylation sites (tertiary alicyclic amines) is 1. The van der Waals surface area contributed by atoms with Gasteiger partial charge in [-0.15, -0.1) is 0 Å². The average Bonchev–Trinajstić information content (AvgIpc) is 2.93. The first-order chi connectivity index (χ1) is 13.2. The van der Waals surface area contributed by atoms with Gasteiger partial charge < -0.3 is 20.1 Å². The van der Waals surface area contributed by atoms with Crippen molar-refractivity contribution in [3.63, 3.8) is 0 Å². The fourth-order valence-electron chi connectivity index (χ4n) is 4.75. The monoisotopic (exact) mass is 384 g/mol. The van der Waals surface area contributed by atoms with Gasteiger partial charge >= 0.3 is 0 Å². The second-order valence-corrected chi connectivity index (χ2v) is 9.65. The molecule has 2 aromatic heterocycles. The Morgan fingerprint density at radius 3 is 2.79 bits per heavy atom. The molecule has 3 heterocycles. The van der Waals surface area contributed by atoms with Gasteiger partial charge in [-0.3, -0.25) is 4.79 Å². The van der Waals surface area contributed by atoms with Crippen LogP contribution in [0.5, 0.6) is 0 Å². The molecule has 2 aliphatic rings. The summed E-state index contributed by atoms with van der Waals surface area (Å²) in [5, 5.41) is 3.60. The second-order valence-electron chi connectivity index (χ2n) is 9.65. The van der Waals surface area contributed by atoms with Gasteiger partial charge in [-0.1, -0.05) is 13.8 Å². The van der Waals surface area contributed by atoms with Gasteiger partial charge in [-0.2, -0.15) is 0 Å². The molecule has 7 heteroatoms. The van der Waals surface area contributed by atoms with Gasteiger partial charge in [0, 0.05) is 36.8 Å². The average molecular weight is 385 g/mol. The predicted octanol–water partition coefficient (Wildman–Crippen LogP) is 2.65. The molecule has 2 fully saturated rings. The SMILES string of the molecule is Cc1cc2ncnc(NC3CN(C(=O)C4CC(N(C)C)C4)CC(C)(C)C3)c2[nH]1. The first kappa shape index (κ1) is 19.2. The highest BCUT2D eigenvalue weighted by atomic mass is 16.2. The van der Waals surface area contributed by atoms with Gasteiger partial charge in [0.2, 0.25) is 5.91 Å². The summed E-state index contributed by atoms with van der Waals surface area (Å²) in [6.07, 6.45) is 4.57. The quantitative estimate of drug-likeness (QED) is 0.847. The van der Waals surface area contributed by atoms with Gasteiger partial charge in [0.15, 0.2) is 5.82 Å². The highest BCUT2D eigenvalue weighted by molar-refractivity contribution is 5.86. The summed E-state index contributed by atoms with van der Waals surface area (Å²) in [6.45, 7) is 8.08. The minimum absolute atomic E-state index is 0.0775. The largest absolute Gasteiger partial charge is 0.364 e. The lowest BCUT2D eigenvalue weighted by molar-refractivity contribution is -0.143. The zero-order valence-electron chi connectivity index (χ0n) is 17.6. The molecule has 28 heavy (non-hydrogen) atoms. The van der Waals surface area contributed by atoms with Crippen molar-refractivity contribution < 1.29 is 4.79 Å². The molecule has 0 aromatic carbocycles. The number of piperidine rings is 1. The van der Waals surface area contributed by atoms with E-state index in [1.165, 1.54) is 0 Å². The Morgan fingerprint density at radius 2 is 2.07 bits per heavy atom. The lowest BCUT2D eigenvalue weighted by atomic mass is 9.76. The molecule has 0 spiro atoms. The van der Waals surface area contributed by atoms with Crippen molar-refractivity contribution in [3.05, 3.63) is 18.1 Å². The number of nitrogens with zero attached hydrogens (tertiary/aromatic N) is 4. The van der Waals surface area contributed by atoms with E-state index in [1.807, 2.05) is 13.0 Å². The standard InChI is InChI=1S/C21H32N6O/c1-13-6-17-18(24-13)19(23-12-22-17)25-15-9-21(2,3)11-27(10-15)20(28)14-7-16(8-14)26(4)5/h6,12,14-16,24H,7-11H2,1-5H3,(H,22,23,25). The summed E-state index contributed by atoms with van der Waals surface area (Å²) in [4.78, 5) is 29.6. The normalized spacial score (nSPS) is 27.1. The number of carbonyl (C=O) groups excluding carboxylic acids is 1. The van der Waals surface area contributed by atoms with Crippen molar-refractivity contribution in [2.45, 2.75) is 52.1 Å². The highest BCUT2D eigenvalue weighted by Crippen LogP contribution is 2.36. The van der Waals surface area contributed by atoms with Gasteiger partial charge in [0.05, 0.1) is 5.52 Å². The number of anilines is 1. The van der Waals surface area contributed by atoms with Crippen LogP contribution in [0.1, 0.15) is 38.8 Å². The number of carbonyl (C=O) groups is 1. The van der Waals surface area contributed by atoms with E-state index < -0.39 is 0 Å². The number of hydrogen-bond acceptors (Lipinski definition) is 5. The Morgan fingerprint density at radius 1 is 1.32 bits per heavy atom.